The smallest absolute Gasteiger partial charge is 0.189 e. The van der Waals surface area contributed by atoms with E-state index in [1.807, 2.05) is 0 Å². The van der Waals surface area contributed by atoms with E-state index in [-0.39, 0.29) is 18.0 Å². The van der Waals surface area contributed by atoms with Gasteiger partial charge in [-0.1, -0.05) is 90.9 Å². The molecule has 4 heterocycles. The summed E-state index contributed by atoms with van der Waals surface area (Å²) in [5, 5.41) is 0. The van der Waals surface area contributed by atoms with Gasteiger partial charge in [-0.2, -0.15) is 0 Å². The van der Waals surface area contributed by atoms with Gasteiger partial charge in [0.15, 0.2) is 37.4 Å². The molecule has 0 unspecified atom stereocenters. The molecule has 0 bridgehead atoms. The Labute approximate surface area is 262 Å². The molecule has 6 heteroatoms. The number of hydrogen-bond donors (Lipinski definition) is 0. The fourth-order valence-corrected chi connectivity index (χ4v) is 6.19. The molecule has 0 aliphatic carbocycles. The molecule has 0 aromatic carbocycles. The first-order chi connectivity index (χ1) is 21.2. The molecule has 2 aliphatic heterocycles. The number of rotatable bonds is 20. The van der Waals surface area contributed by atoms with Crippen LogP contribution in [0.4, 0.5) is 0 Å². The van der Waals surface area contributed by atoms with Gasteiger partial charge in [0.25, 0.3) is 0 Å². The lowest BCUT2D eigenvalue weighted by atomic mass is 9.90. The van der Waals surface area contributed by atoms with Gasteiger partial charge in [0.2, 0.25) is 0 Å². The van der Waals surface area contributed by atoms with Crippen molar-refractivity contribution in [2.24, 2.45) is 5.41 Å². The average molecular weight is 597 g/mol. The third-order valence-corrected chi connectivity index (χ3v) is 9.05. The Morgan fingerprint density at radius 2 is 0.977 bits per heavy atom. The molecule has 43 heavy (non-hydrogen) atoms. The van der Waals surface area contributed by atoms with E-state index in [0.717, 1.165) is 24.2 Å². The third kappa shape index (κ3) is 11.9. The number of nitrogens with zero attached hydrogens (tertiary/aromatic N) is 2. The number of aryl methyl sites for hydroxylation is 2. The normalized spacial score (nSPS) is 22.3. The zero-order valence-corrected chi connectivity index (χ0v) is 27.4. The van der Waals surface area contributed by atoms with Crippen LogP contribution in [0.15, 0.2) is 49.1 Å². The maximum absolute atomic E-state index is 6.24. The molecule has 2 aromatic rings. The Morgan fingerprint density at radius 1 is 0.535 bits per heavy atom. The minimum absolute atomic E-state index is 0.250. The Kier molecular flexibility index (Phi) is 15.4. The van der Waals surface area contributed by atoms with Crippen molar-refractivity contribution in [2.45, 2.75) is 142 Å². The van der Waals surface area contributed by atoms with E-state index in [1.54, 1.807) is 0 Å². The highest BCUT2D eigenvalue weighted by Gasteiger charge is 2.43. The van der Waals surface area contributed by atoms with Crippen LogP contribution in [-0.4, -0.2) is 26.4 Å². The summed E-state index contributed by atoms with van der Waals surface area (Å²) in [5.74, 6) is 0. The lowest BCUT2D eigenvalue weighted by molar-refractivity contribution is -0.698. The van der Waals surface area contributed by atoms with Crippen molar-refractivity contribution < 1.29 is 28.1 Å². The second-order valence-corrected chi connectivity index (χ2v) is 13.1. The van der Waals surface area contributed by atoms with Crippen LogP contribution in [-0.2, 0) is 32.0 Å². The highest BCUT2D eigenvalue weighted by atomic mass is 16.7. The monoisotopic (exact) mass is 596 g/mol. The Hall–Kier alpha value is -1.86. The summed E-state index contributed by atoms with van der Waals surface area (Å²) >= 11 is 0. The van der Waals surface area contributed by atoms with Gasteiger partial charge in [-0.05, 0) is 18.9 Å². The van der Waals surface area contributed by atoms with Crippen LogP contribution in [0.3, 0.4) is 0 Å². The summed E-state index contributed by atoms with van der Waals surface area (Å²) in [6, 6.07) is 8.48. The molecule has 240 valence electrons. The van der Waals surface area contributed by atoms with Crippen molar-refractivity contribution in [3.05, 3.63) is 60.2 Å². The number of aromatic nitrogens is 2. The van der Waals surface area contributed by atoms with E-state index in [2.05, 4.69) is 72.0 Å². The topological polar surface area (TPSA) is 44.7 Å². The zero-order valence-electron chi connectivity index (χ0n) is 27.4. The Morgan fingerprint density at radius 3 is 1.49 bits per heavy atom. The summed E-state index contributed by atoms with van der Waals surface area (Å²) in [4.78, 5) is 0. The molecule has 2 saturated heterocycles. The number of ether oxygens (including phenoxy) is 4. The van der Waals surface area contributed by atoms with Crippen LogP contribution >= 0.6 is 0 Å². The number of pyridine rings is 2. The first-order valence-electron chi connectivity index (χ1n) is 17.7. The van der Waals surface area contributed by atoms with Gasteiger partial charge in [-0.15, -0.1) is 0 Å². The van der Waals surface area contributed by atoms with Gasteiger partial charge in [0.05, 0.1) is 37.4 Å². The molecule has 0 amide bonds. The summed E-state index contributed by atoms with van der Waals surface area (Å²) < 4.78 is 29.4. The van der Waals surface area contributed by atoms with E-state index in [0.29, 0.717) is 26.4 Å². The largest absolute Gasteiger partial charge is 0.348 e. The van der Waals surface area contributed by atoms with Gasteiger partial charge in [0.1, 0.15) is 13.1 Å². The molecular weight excluding hydrogens is 536 g/mol. The van der Waals surface area contributed by atoms with E-state index in [1.165, 1.54) is 103 Å². The number of unbranched alkanes of at least 4 members (excludes halogenated alkanes) is 14. The lowest BCUT2D eigenvalue weighted by Gasteiger charge is -2.43. The maximum Gasteiger partial charge on any atom is 0.189 e. The van der Waals surface area contributed by atoms with E-state index >= 15 is 0 Å². The summed E-state index contributed by atoms with van der Waals surface area (Å²) in [6.07, 6.45) is 29.5. The third-order valence-electron chi connectivity index (χ3n) is 9.05. The van der Waals surface area contributed by atoms with Gasteiger partial charge < -0.3 is 18.9 Å². The highest BCUT2D eigenvalue weighted by Crippen LogP contribution is 2.37. The van der Waals surface area contributed by atoms with Crippen molar-refractivity contribution in [2.75, 3.05) is 26.4 Å². The SMILES string of the molecule is CCCCCCCCCC[n+]1ccc(C2OCC3(CO2)COC(c2ccc[n+](CCCCCCCCCC)c2)OC3)cc1. The van der Waals surface area contributed by atoms with E-state index < -0.39 is 0 Å². The van der Waals surface area contributed by atoms with Crippen molar-refractivity contribution in [1.82, 2.24) is 0 Å². The van der Waals surface area contributed by atoms with Crippen LogP contribution in [0.1, 0.15) is 140 Å². The molecular formula is C37H60N2O4+2. The second-order valence-electron chi connectivity index (χ2n) is 13.1. The van der Waals surface area contributed by atoms with Crippen LogP contribution in [0.2, 0.25) is 0 Å². The van der Waals surface area contributed by atoms with Crippen molar-refractivity contribution in [3.8, 4) is 0 Å². The van der Waals surface area contributed by atoms with Crippen molar-refractivity contribution in [1.29, 1.82) is 0 Å². The fourth-order valence-electron chi connectivity index (χ4n) is 6.19. The average Bonchev–Trinajstić information content (AvgIpc) is 3.05. The van der Waals surface area contributed by atoms with Gasteiger partial charge in [-0.25, -0.2) is 9.13 Å². The van der Waals surface area contributed by atoms with E-state index in [4.69, 9.17) is 18.9 Å². The first-order valence-corrected chi connectivity index (χ1v) is 17.7. The second kappa shape index (κ2) is 19.5. The molecule has 2 fully saturated rings. The summed E-state index contributed by atoms with van der Waals surface area (Å²) in [7, 11) is 0. The molecule has 0 N–H and O–H groups in total. The summed E-state index contributed by atoms with van der Waals surface area (Å²) in [6.45, 7) is 8.96. The predicted molar refractivity (Wildman–Crippen MR) is 170 cm³/mol. The van der Waals surface area contributed by atoms with Gasteiger partial charge in [0, 0.05) is 36.6 Å². The summed E-state index contributed by atoms with van der Waals surface area (Å²) in [5.41, 5.74) is 1.90. The highest BCUT2D eigenvalue weighted by molar-refractivity contribution is 5.11. The van der Waals surface area contributed by atoms with Crippen LogP contribution < -0.4 is 9.13 Å². The number of hydrogen-bond acceptors (Lipinski definition) is 4. The molecule has 0 saturated carbocycles. The molecule has 0 radical (unpaired) electrons. The molecule has 6 nitrogen and oxygen atoms in total. The van der Waals surface area contributed by atoms with Crippen molar-refractivity contribution >= 4 is 0 Å². The molecule has 2 aliphatic rings. The Balaban J connectivity index is 1.11. The van der Waals surface area contributed by atoms with Crippen LogP contribution in [0.25, 0.3) is 0 Å². The molecule has 1 spiro atoms. The predicted octanol–water partition coefficient (Wildman–Crippen LogP) is 8.32. The minimum atomic E-state index is -0.333. The zero-order chi connectivity index (χ0) is 30.0. The molecule has 4 rings (SSSR count). The van der Waals surface area contributed by atoms with Gasteiger partial charge in [-0.3, -0.25) is 0 Å². The standard InChI is InChI=1S/C37H60N2O4/c1-3-5-7-9-11-13-15-17-23-38-26-21-33(22-27-38)35-40-29-37(30-41-35)31-42-36(43-32-37)34-20-19-25-39(28-34)24-18-16-14-12-10-8-6-4-2/h19-22,25-28,35-36H,3-18,23-24,29-32H2,1-2H3/q+2. The first kappa shape index (κ1) is 34.0. The fraction of sp³-hybridized carbons (Fsp3) is 0.730. The Bertz CT molecular complexity index is 996. The van der Waals surface area contributed by atoms with Crippen molar-refractivity contribution in [3.63, 3.8) is 0 Å². The van der Waals surface area contributed by atoms with Crippen LogP contribution in [0.5, 0.6) is 0 Å². The lowest BCUT2D eigenvalue weighted by Crippen LogP contribution is -2.49. The quantitative estimate of drug-likeness (QED) is 0.114. The molecule has 0 atom stereocenters. The van der Waals surface area contributed by atoms with Gasteiger partial charge >= 0.3 is 0 Å². The van der Waals surface area contributed by atoms with E-state index in [9.17, 15) is 0 Å². The minimum Gasteiger partial charge on any atom is -0.348 e. The molecule has 2 aromatic heterocycles. The maximum atomic E-state index is 6.24. The van der Waals surface area contributed by atoms with Crippen LogP contribution in [0, 0.1) is 5.41 Å².